The highest BCUT2D eigenvalue weighted by molar-refractivity contribution is 7.12. The first-order valence-corrected chi connectivity index (χ1v) is 7.13. The zero-order valence-corrected chi connectivity index (χ0v) is 12.1. The zero-order chi connectivity index (χ0) is 13.7. The van der Waals surface area contributed by atoms with Gasteiger partial charge in [0, 0.05) is 5.02 Å². The molecule has 2 rings (SSSR count). The van der Waals surface area contributed by atoms with Gasteiger partial charge >= 0.3 is 0 Å². The van der Waals surface area contributed by atoms with Gasteiger partial charge < -0.3 is 10.1 Å². The summed E-state index contributed by atoms with van der Waals surface area (Å²) in [5, 5.41) is 5.37. The molecule has 0 spiro atoms. The van der Waals surface area contributed by atoms with Gasteiger partial charge in [-0.25, -0.2) is 0 Å². The Labute approximate surface area is 121 Å². The smallest absolute Gasteiger partial charge is 0.261 e. The molecule has 3 nitrogen and oxygen atoms in total. The van der Waals surface area contributed by atoms with Crippen LogP contribution in [0.2, 0.25) is 5.02 Å². The van der Waals surface area contributed by atoms with E-state index >= 15 is 0 Å². The summed E-state index contributed by atoms with van der Waals surface area (Å²) in [6, 6.07) is 9.12. The molecule has 0 saturated heterocycles. The quantitative estimate of drug-likeness (QED) is 0.857. The van der Waals surface area contributed by atoms with Gasteiger partial charge in [0.2, 0.25) is 0 Å². The number of carbonyl (C=O) groups excluding carboxylic acids is 1. The fourth-order valence-corrected chi connectivity index (χ4v) is 2.46. The highest BCUT2D eigenvalue weighted by Crippen LogP contribution is 2.21. The van der Waals surface area contributed by atoms with Gasteiger partial charge in [0.15, 0.2) is 0 Å². The van der Waals surface area contributed by atoms with Crippen LogP contribution in [-0.4, -0.2) is 19.1 Å². The lowest BCUT2D eigenvalue weighted by atomic mass is 10.2. The van der Waals surface area contributed by atoms with E-state index in [9.17, 15) is 4.79 Å². The van der Waals surface area contributed by atoms with Crippen LogP contribution < -0.4 is 10.1 Å². The van der Waals surface area contributed by atoms with Crippen molar-refractivity contribution < 1.29 is 9.53 Å². The lowest BCUT2D eigenvalue weighted by molar-refractivity contribution is 0.0951. The van der Waals surface area contributed by atoms with Crippen LogP contribution in [0.25, 0.3) is 0 Å². The van der Waals surface area contributed by atoms with E-state index in [2.05, 4.69) is 5.32 Å². The summed E-state index contributed by atoms with van der Waals surface area (Å²) in [6.07, 6.45) is 0. The van der Waals surface area contributed by atoms with Crippen LogP contribution in [0.15, 0.2) is 35.7 Å². The second-order valence-corrected chi connectivity index (χ2v) is 5.38. The predicted octanol–water partition coefficient (Wildman–Crippen LogP) is 3.52. The molecule has 0 atom stereocenters. The summed E-state index contributed by atoms with van der Waals surface area (Å²) in [6.45, 7) is 2.84. The Morgan fingerprint density at radius 1 is 1.42 bits per heavy atom. The van der Waals surface area contributed by atoms with Gasteiger partial charge in [0.25, 0.3) is 5.91 Å². The van der Waals surface area contributed by atoms with Crippen molar-refractivity contribution in [3.05, 3.63) is 51.2 Å². The van der Waals surface area contributed by atoms with Gasteiger partial charge in [0.05, 0.1) is 11.4 Å². The van der Waals surface area contributed by atoms with E-state index < -0.39 is 0 Å². The van der Waals surface area contributed by atoms with Gasteiger partial charge in [-0.1, -0.05) is 17.7 Å². The topological polar surface area (TPSA) is 38.3 Å². The maximum atomic E-state index is 11.7. The van der Waals surface area contributed by atoms with Crippen LogP contribution in [0.5, 0.6) is 5.75 Å². The molecule has 1 amide bonds. The lowest BCUT2D eigenvalue weighted by Crippen LogP contribution is -2.27. The van der Waals surface area contributed by atoms with Crippen LogP contribution in [0, 0.1) is 6.92 Å². The van der Waals surface area contributed by atoms with Crippen molar-refractivity contribution in [1.29, 1.82) is 0 Å². The third-order valence-electron chi connectivity index (χ3n) is 2.53. The van der Waals surface area contributed by atoms with Crippen LogP contribution in [0.4, 0.5) is 0 Å². The SMILES string of the molecule is Cc1cc(Cl)ccc1OCCNC(=O)c1cccs1. The fourth-order valence-electron chi connectivity index (χ4n) is 1.60. The molecule has 0 bridgehead atoms. The maximum absolute atomic E-state index is 11.7. The number of halogens is 1. The van der Waals surface area contributed by atoms with Crippen molar-refractivity contribution in [3.63, 3.8) is 0 Å². The molecule has 0 fully saturated rings. The fraction of sp³-hybridized carbons (Fsp3) is 0.214. The number of nitrogens with one attached hydrogen (secondary N) is 1. The second-order valence-electron chi connectivity index (χ2n) is 3.99. The molecular weight excluding hydrogens is 282 g/mol. The number of amides is 1. The van der Waals surface area contributed by atoms with Crippen LogP contribution in [-0.2, 0) is 0 Å². The highest BCUT2D eigenvalue weighted by Gasteiger charge is 2.05. The van der Waals surface area contributed by atoms with Crippen molar-refractivity contribution >= 4 is 28.8 Å². The minimum absolute atomic E-state index is 0.0635. The average Bonchev–Trinajstić information content (AvgIpc) is 2.90. The maximum Gasteiger partial charge on any atom is 0.261 e. The Kier molecular flexibility index (Phi) is 4.82. The molecule has 1 heterocycles. The summed E-state index contributed by atoms with van der Waals surface area (Å²) in [5.74, 6) is 0.723. The van der Waals surface area contributed by atoms with Gasteiger partial charge in [-0.2, -0.15) is 0 Å². The number of ether oxygens (including phenoxy) is 1. The van der Waals surface area contributed by atoms with Crippen LogP contribution in [0.1, 0.15) is 15.2 Å². The van der Waals surface area contributed by atoms with E-state index in [1.807, 2.05) is 30.5 Å². The number of aryl methyl sites for hydroxylation is 1. The largest absolute Gasteiger partial charge is 0.491 e. The molecule has 1 N–H and O–H groups in total. The Balaban J connectivity index is 1.76. The molecule has 100 valence electrons. The number of benzene rings is 1. The van der Waals surface area contributed by atoms with Crippen molar-refractivity contribution in [3.8, 4) is 5.75 Å². The molecular formula is C14H14ClNO2S. The molecule has 5 heteroatoms. The van der Waals surface area contributed by atoms with Gasteiger partial charge in [-0.3, -0.25) is 4.79 Å². The average molecular weight is 296 g/mol. The Bertz CT molecular complexity index is 555. The van der Waals surface area contributed by atoms with Gasteiger partial charge in [0.1, 0.15) is 12.4 Å². The monoisotopic (exact) mass is 295 g/mol. The van der Waals surface area contributed by atoms with Gasteiger partial charge in [-0.05, 0) is 42.1 Å². The van der Waals surface area contributed by atoms with Gasteiger partial charge in [-0.15, -0.1) is 11.3 Å². The summed E-state index contributed by atoms with van der Waals surface area (Å²) < 4.78 is 5.59. The summed E-state index contributed by atoms with van der Waals surface area (Å²) in [5.41, 5.74) is 0.983. The Morgan fingerprint density at radius 3 is 2.95 bits per heavy atom. The lowest BCUT2D eigenvalue weighted by Gasteiger charge is -2.09. The van der Waals surface area contributed by atoms with Crippen molar-refractivity contribution in [2.45, 2.75) is 6.92 Å². The normalized spacial score (nSPS) is 10.2. The van der Waals surface area contributed by atoms with E-state index in [0.29, 0.717) is 23.1 Å². The Hall–Kier alpha value is -1.52. The molecule has 1 aromatic heterocycles. The molecule has 0 radical (unpaired) electrons. The predicted molar refractivity (Wildman–Crippen MR) is 78.3 cm³/mol. The van der Waals surface area contributed by atoms with E-state index in [-0.39, 0.29) is 5.91 Å². The van der Waals surface area contributed by atoms with Crippen molar-refractivity contribution in [2.24, 2.45) is 0 Å². The minimum atomic E-state index is -0.0635. The second kappa shape index (κ2) is 6.59. The Morgan fingerprint density at radius 2 is 2.26 bits per heavy atom. The molecule has 2 aromatic rings. The summed E-state index contributed by atoms with van der Waals surface area (Å²) in [7, 11) is 0. The number of hydrogen-bond acceptors (Lipinski definition) is 3. The van der Waals surface area contributed by atoms with E-state index in [1.165, 1.54) is 11.3 Å². The number of hydrogen-bond donors (Lipinski definition) is 1. The van der Waals surface area contributed by atoms with Crippen molar-refractivity contribution in [1.82, 2.24) is 5.32 Å². The third-order valence-corrected chi connectivity index (χ3v) is 3.63. The molecule has 0 unspecified atom stereocenters. The molecule has 0 aliphatic heterocycles. The summed E-state index contributed by atoms with van der Waals surface area (Å²) in [4.78, 5) is 12.4. The number of rotatable bonds is 5. The van der Waals surface area contributed by atoms with E-state index in [4.69, 9.17) is 16.3 Å². The molecule has 0 saturated carbocycles. The minimum Gasteiger partial charge on any atom is -0.491 e. The third kappa shape index (κ3) is 3.98. The molecule has 1 aromatic carbocycles. The first-order chi connectivity index (χ1) is 9.16. The van der Waals surface area contributed by atoms with E-state index in [1.54, 1.807) is 12.1 Å². The number of thiophene rings is 1. The highest BCUT2D eigenvalue weighted by atomic mass is 35.5. The number of carbonyl (C=O) groups is 1. The zero-order valence-electron chi connectivity index (χ0n) is 10.5. The molecule has 19 heavy (non-hydrogen) atoms. The van der Waals surface area contributed by atoms with Crippen molar-refractivity contribution in [2.75, 3.05) is 13.2 Å². The molecule has 0 aliphatic carbocycles. The van der Waals surface area contributed by atoms with E-state index in [0.717, 1.165) is 11.3 Å². The molecule has 0 aliphatic rings. The summed E-state index contributed by atoms with van der Waals surface area (Å²) >= 11 is 7.29. The first kappa shape index (κ1) is 13.9. The van der Waals surface area contributed by atoms with Crippen LogP contribution >= 0.6 is 22.9 Å². The first-order valence-electron chi connectivity index (χ1n) is 5.87. The standard InChI is InChI=1S/C14H14ClNO2S/c1-10-9-11(15)4-5-12(10)18-7-6-16-14(17)13-3-2-8-19-13/h2-5,8-9H,6-7H2,1H3,(H,16,17). The van der Waals surface area contributed by atoms with Crippen LogP contribution in [0.3, 0.4) is 0 Å².